The molecule has 0 atom stereocenters. The van der Waals surface area contributed by atoms with Crippen LogP contribution in [0, 0.1) is 0 Å². The molecule has 0 saturated carbocycles. The van der Waals surface area contributed by atoms with Crippen LogP contribution in [0.1, 0.15) is 47.2 Å². The number of hydrogen-bond donors (Lipinski definition) is 0. The maximum atomic E-state index is 2.49. The summed E-state index contributed by atoms with van der Waals surface area (Å²) in [6, 6.07) is 99.1. The van der Waals surface area contributed by atoms with Gasteiger partial charge in [-0.15, -0.1) is 0 Å². The topological polar surface area (TPSA) is 8.17 Å². The highest BCUT2D eigenvalue weighted by molar-refractivity contribution is 6.11. The molecule has 0 bridgehead atoms. The third-order valence-corrected chi connectivity index (χ3v) is 15.8. The van der Waals surface area contributed by atoms with Gasteiger partial charge in [0.25, 0.3) is 0 Å². The second-order valence-corrected chi connectivity index (χ2v) is 20.0. The van der Waals surface area contributed by atoms with Crippen molar-refractivity contribution < 1.29 is 0 Å². The molecule has 0 aliphatic heterocycles. The molecule has 0 radical (unpaired) electrons. The molecule has 0 spiro atoms. The summed E-state index contributed by atoms with van der Waals surface area (Å²) in [5, 5.41) is 2.55. The molecule has 14 rings (SSSR count). The van der Waals surface area contributed by atoms with Gasteiger partial charge in [-0.3, -0.25) is 0 Å². The van der Waals surface area contributed by atoms with E-state index in [0.29, 0.717) is 0 Å². The van der Waals surface area contributed by atoms with Gasteiger partial charge in [0, 0.05) is 38.9 Å². The average Bonchev–Trinajstić information content (AvgIpc) is 4.02. The van der Waals surface area contributed by atoms with Gasteiger partial charge in [0.15, 0.2) is 0 Å². The molecule has 0 amide bonds. The lowest BCUT2D eigenvalue weighted by molar-refractivity contribution is 0.661. The summed E-state index contributed by atoms with van der Waals surface area (Å²) in [6.07, 6.45) is 0. The molecule has 1 aromatic heterocycles. The van der Waals surface area contributed by atoms with E-state index in [1.54, 1.807) is 0 Å². The van der Waals surface area contributed by atoms with Gasteiger partial charge in [-0.1, -0.05) is 208 Å². The van der Waals surface area contributed by atoms with Gasteiger partial charge in [-0.2, -0.15) is 0 Å². The summed E-state index contributed by atoms with van der Waals surface area (Å²) in [4.78, 5) is 2.49. The monoisotopic (exact) mass is 918 g/mol. The molecule has 72 heavy (non-hydrogen) atoms. The first-order chi connectivity index (χ1) is 35.5. The molecule has 12 aromatic rings. The van der Waals surface area contributed by atoms with Crippen molar-refractivity contribution in [3.63, 3.8) is 0 Å². The fraction of sp³-hybridized carbons (Fsp3) is 0.0571. The maximum Gasteiger partial charge on any atom is 0.0713 e. The Morgan fingerprint density at radius 3 is 1.44 bits per heavy atom. The van der Waals surface area contributed by atoms with Gasteiger partial charge < -0.3 is 9.47 Å². The quantitative estimate of drug-likeness (QED) is 0.147. The highest BCUT2D eigenvalue weighted by Crippen LogP contribution is 2.57. The summed E-state index contributed by atoms with van der Waals surface area (Å²) in [7, 11) is 0. The Morgan fingerprint density at radius 2 is 0.806 bits per heavy atom. The fourth-order valence-corrected chi connectivity index (χ4v) is 12.5. The van der Waals surface area contributed by atoms with Crippen molar-refractivity contribution in [1.29, 1.82) is 0 Å². The Kier molecular flexibility index (Phi) is 9.50. The number of aromatic nitrogens is 1. The molecule has 0 saturated heterocycles. The van der Waals surface area contributed by atoms with E-state index in [2.05, 4.69) is 290 Å². The van der Waals surface area contributed by atoms with Crippen LogP contribution in [0.3, 0.4) is 0 Å². The van der Waals surface area contributed by atoms with E-state index in [4.69, 9.17) is 0 Å². The smallest absolute Gasteiger partial charge is 0.0713 e. The molecule has 340 valence electrons. The third-order valence-electron chi connectivity index (χ3n) is 15.8. The minimum Gasteiger partial charge on any atom is -0.310 e. The zero-order chi connectivity index (χ0) is 48.0. The lowest BCUT2D eigenvalue weighted by Crippen LogP contribution is -2.28. The molecule has 1 heterocycles. The van der Waals surface area contributed by atoms with E-state index >= 15 is 0 Å². The van der Waals surface area contributed by atoms with E-state index in [0.717, 1.165) is 17.1 Å². The average molecular weight is 919 g/mol. The molecule has 2 heteroatoms. The van der Waals surface area contributed by atoms with Crippen LogP contribution in [0.5, 0.6) is 0 Å². The minimum atomic E-state index is -0.494. The lowest BCUT2D eigenvalue weighted by atomic mass is 9.68. The minimum absolute atomic E-state index is 0.271. The van der Waals surface area contributed by atoms with Crippen molar-refractivity contribution in [3.8, 4) is 50.2 Å². The zero-order valence-corrected chi connectivity index (χ0v) is 40.3. The van der Waals surface area contributed by atoms with Gasteiger partial charge in [0.1, 0.15) is 0 Å². The van der Waals surface area contributed by atoms with Gasteiger partial charge in [-0.25, -0.2) is 0 Å². The second-order valence-electron chi connectivity index (χ2n) is 20.0. The highest BCUT2D eigenvalue weighted by Gasteiger charge is 2.46. The van der Waals surface area contributed by atoms with Crippen LogP contribution in [-0.4, -0.2) is 4.57 Å². The first-order valence-corrected chi connectivity index (χ1v) is 25.2. The summed E-state index contributed by atoms with van der Waals surface area (Å²) < 4.78 is 2.43. The summed E-state index contributed by atoms with van der Waals surface area (Å²) >= 11 is 0. The molecule has 0 N–H and O–H groups in total. The standard InChI is InChI=1S/C70H50N2/c1-69(2)65-44-55(39-40-59(65)61-46-68-62(45-66(61)69)60-31-17-20-34-67(60)72(68)53-27-13-6-14-28-53)71(56-42-49(47-21-7-3-8-22-47)41-50(43-56)48-23-9-4-10-24-48)54-37-35-52(36-38-54)70(51-25-11-5-12-26-51)63-32-18-15-29-57(63)58-30-16-19-33-64(58)70/h3-46H,1-2H3. The van der Waals surface area contributed by atoms with Crippen LogP contribution < -0.4 is 4.90 Å². The first kappa shape index (κ1) is 41.9. The third kappa shape index (κ3) is 6.28. The van der Waals surface area contributed by atoms with E-state index in [9.17, 15) is 0 Å². The molecular formula is C70H50N2. The Balaban J connectivity index is 0.981. The first-order valence-electron chi connectivity index (χ1n) is 25.2. The van der Waals surface area contributed by atoms with Crippen LogP contribution in [0.4, 0.5) is 17.1 Å². The summed E-state index contributed by atoms with van der Waals surface area (Å²) in [5.41, 5.74) is 23.8. The number of anilines is 3. The largest absolute Gasteiger partial charge is 0.310 e. The van der Waals surface area contributed by atoms with Crippen molar-refractivity contribution >= 4 is 38.9 Å². The van der Waals surface area contributed by atoms with Crippen LogP contribution in [0.25, 0.3) is 72.0 Å². The van der Waals surface area contributed by atoms with Crippen molar-refractivity contribution in [2.24, 2.45) is 0 Å². The Labute approximate surface area is 421 Å². The van der Waals surface area contributed by atoms with Crippen LogP contribution in [0.15, 0.2) is 267 Å². The lowest BCUT2D eigenvalue weighted by Gasteiger charge is -2.34. The van der Waals surface area contributed by atoms with E-state index in [-0.39, 0.29) is 5.41 Å². The number of rotatable bonds is 8. The number of hydrogen-bond acceptors (Lipinski definition) is 1. The summed E-state index contributed by atoms with van der Waals surface area (Å²) in [5.74, 6) is 0. The molecule has 0 unspecified atom stereocenters. The fourth-order valence-electron chi connectivity index (χ4n) is 12.5. The van der Waals surface area contributed by atoms with Gasteiger partial charge in [-0.05, 0) is 151 Å². The molecule has 2 nitrogen and oxygen atoms in total. The van der Waals surface area contributed by atoms with Gasteiger partial charge in [0.2, 0.25) is 0 Å². The van der Waals surface area contributed by atoms with Crippen LogP contribution in [0.2, 0.25) is 0 Å². The summed E-state index contributed by atoms with van der Waals surface area (Å²) in [6.45, 7) is 4.82. The van der Waals surface area contributed by atoms with Crippen LogP contribution in [-0.2, 0) is 10.8 Å². The molecule has 0 fully saturated rings. The highest BCUT2D eigenvalue weighted by atomic mass is 15.1. The van der Waals surface area contributed by atoms with E-state index in [1.165, 1.54) is 105 Å². The van der Waals surface area contributed by atoms with Crippen molar-refractivity contribution in [2.45, 2.75) is 24.7 Å². The van der Waals surface area contributed by atoms with Gasteiger partial charge >= 0.3 is 0 Å². The Morgan fingerprint density at radius 1 is 0.306 bits per heavy atom. The van der Waals surface area contributed by atoms with Gasteiger partial charge in [0.05, 0.1) is 16.4 Å². The molecular weight excluding hydrogens is 869 g/mol. The SMILES string of the molecule is CC1(C)c2cc(N(c3ccc(C4(c5ccccc5)c5ccccc5-c5ccccc54)cc3)c3cc(-c4ccccc4)cc(-c4ccccc4)c3)ccc2-c2cc3c(cc21)c1ccccc1n3-c1ccccc1. The normalized spacial score (nSPS) is 13.6. The predicted molar refractivity (Wildman–Crippen MR) is 301 cm³/mol. The van der Waals surface area contributed by atoms with E-state index < -0.39 is 5.41 Å². The number of fused-ring (bicyclic) bond motifs is 9. The number of nitrogens with zero attached hydrogens (tertiary/aromatic N) is 2. The number of para-hydroxylation sites is 2. The van der Waals surface area contributed by atoms with Crippen LogP contribution >= 0.6 is 0 Å². The predicted octanol–water partition coefficient (Wildman–Crippen LogP) is 18.3. The molecule has 2 aliphatic carbocycles. The maximum absolute atomic E-state index is 2.49. The number of benzene rings is 11. The van der Waals surface area contributed by atoms with Crippen molar-refractivity contribution in [2.75, 3.05) is 4.90 Å². The molecule has 2 aliphatic rings. The van der Waals surface area contributed by atoms with E-state index in [1.807, 2.05) is 0 Å². The second kappa shape index (κ2) is 16.3. The Bertz CT molecular complexity index is 3930. The molecule has 11 aromatic carbocycles. The van der Waals surface area contributed by atoms with Crippen molar-refractivity contribution in [3.05, 3.63) is 300 Å². The zero-order valence-electron chi connectivity index (χ0n) is 40.3. The Hall–Kier alpha value is -8.98. The van der Waals surface area contributed by atoms with Crippen molar-refractivity contribution in [1.82, 2.24) is 4.57 Å².